The van der Waals surface area contributed by atoms with E-state index in [0.29, 0.717) is 11.4 Å². The first-order valence-electron chi connectivity index (χ1n) is 5.42. The zero-order valence-electron chi connectivity index (χ0n) is 9.93. The number of aryl methyl sites for hydroxylation is 1. The molecule has 0 fully saturated rings. The molecular weight excluding hydrogens is 218 g/mol. The predicted octanol–water partition coefficient (Wildman–Crippen LogP) is 2.51. The largest absolute Gasteiger partial charge is 0.356 e. The van der Waals surface area contributed by atoms with Crippen LogP contribution in [-0.4, -0.2) is 15.9 Å². The molecule has 0 radical (unpaired) electrons. The summed E-state index contributed by atoms with van der Waals surface area (Å²) in [5.74, 6) is 3.20. The zero-order chi connectivity index (χ0) is 12.8. The minimum absolute atomic E-state index is 0.0169. The molecule has 0 bridgehead atoms. The number of nitrogens with zero attached hydrogens (tertiary/aromatic N) is 2. The van der Waals surface area contributed by atoms with E-state index in [9.17, 15) is 10.1 Å². The molecule has 0 saturated heterocycles. The summed E-state index contributed by atoms with van der Waals surface area (Å²) in [6.45, 7) is 3.72. The highest BCUT2D eigenvalue weighted by Gasteiger charge is 2.12. The van der Waals surface area contributed by atoms with Gasteiger partial charge in [0.25, 0.3) is 5.69 Å². The SMILES string of the molecule is C#CC(CCC)Nc1cc(C)c([N+](=O)[O-])cn1. The van der Waals surface area contributed by atoms with Crippen LogP contribution < -0.4 is 5.32 Å². The number of pyridine rings is 1. The first kappa shape index (κ1) is 13.0. The fourth-order valence-electron chi connectivity index (χ4n) is 1.48. The number of rotatable bonds is 5. The Kier molecular flexibility index (Phi) is 4.46. The molecule has 0 aromatic carbocycles. The van der Waals surface area contributed by atoms with Gasteiger partial charge >= 0.3 is 0 Å². The number of anilines is 1. The molecule has 1 unspecified atom stereocenters. The maximum atomic E-state index is 10.6. The van der Waals surface area contributed by atoms with Gasteiger partial charge in [-0.1, -0.05) is 19.3 Å². The number of hydrogen-bond acceptors (Lipinski definition) is 4. The van der Waals surface area contributed by atoms with Crippen molar-refractivity contribution in [2.75, 3.05) is 5.32 Å². The van der Waals surface area contributed by atoms with Crippen molar-refractivity contribution in [2.24, 2.45) is 0 Å². The Bertz CT molecular complexity index is 452. The van der Waals surface area contributed by atoms with E-state index in [4.69, 9.17) is 6.42 Å². The molecule has 90 valence electrons. The molecule has 1 rings (SSSR count). The van der Waals surface area contributed by atoms with Gasteiger partial charge < -0.3 is 5.32 Å². The van der Waals surface area contributed by atoms with Gasteiger partial charge in [-0.15, -0.1) is 6.42 Å². The van der Waals surface area contributed by atoms with E-state index in [-0.39, 0.29) is 11.7 Å². The summed E-state index contributed by atoms with van der Waals surface area (Å²) in [7, 11) is 0. The van der Waals surface area contributed by atoms with Crippen LogP contribution in [0.2, 0.25) is 0 Å². The summed E-state index contributed by atoms with van der Waals surface area (Å²) in [5.41, 5.74) is 0.586. The molecule has 0 saturated carbocycles. The van der Waals surface area contributed by atoms with Crippen molar-refractivity contribution in [3.8, 4) is 12.3 Å². The molecule has 5 heteroatoms. The molecule has 1 heterocycles. The van der Waals surface area contributed by atoms with Crippen LogP contribution in [0.4, 0.5) is 11.5 Å². The van der Waals surface area contributed by atoms with E-state index in [0.717, 1.165) is 12.8 Å². The average Bonchev–Trinajstić information content (AvgIpc) is 2.28. The van der Waals surface area contributed by atoms with Crippen LogP contribution in [0.3, 0.4) is 0 Å². The lowest BCUT2D eigenvalue weighted by atomic mass is 10.1. The minimum atomic E-state index is -0.448. The van der Waals surface area contributed by atoms with Crippen LogP contribution in [0.1, 0.15) is 25.3 Å². The van der Waals surface area contributed by atoms with E-state index in [2.05, 4.69) is 16.2 Å². The van der Waals surface area contributed by atoms with E-state index < -0.39 is 4.92 Å². The average molecular weight is 233 g/mol. The molecule has 1 N–H and O–H groups in total. The van der Waals surface area contributed by atoms with Gasteiger partial charge in [-0.25, -0.2) is 4.98 Å². The van der Waals surface area contributed by atoms with Gasteiger partial charge in [-0.3, -0.25) is 10.1 Å². The molecule has 0 spiro atoms. The van der Waals surface area contributed by atoms with Crippen LogP contribution in [0.15, 0.2) is 12.3 Å². The van der Waals surface area contributed by atoms with Crippen molar-refractivity contribution in [1.29, 1.82) is 0 Å². The normalized spacial score (nSPS) is 11.6. The third-order valence-electron chi connectivity index (χ3n) is 2.38. The maximum absolute atomic E-state index is 10.6. The second-order valence-electron chi connectivity index (χ2n) is 3.77. The van der Waals surface area contributed by atoms with E-state index in [1.807, 2.05) is 6.92 Å². The Hall–Kier alpha value is -2.09. The Morgan fingerprint density at radius 2 is 2.41 bits per heavy atom. The molecule has 1 aromatic rings. The van der Waals surface area contributed by atoms with Crippen LogP contribution >= 0.6 is 0 Å². The van der Waals surface area contributed by atoms with Crippen LogP contribution in [0, 0.1) is 29.4 Å². The molecule has 5 nitrogen and oxygen atoms in total. The lowest BCUT2D eigenvalue weighted by molar-refractivity contribution is -0.385. The highest BCUT2D eigenvalue weighted by Crippen LogP contribution is 2.19. The van der Waals surface area contributed by atoms with Crippen LogP contribution in [-0.2, 0) is 0 Å². The monoisotopic (exact) mass is 233 g/mol. The van der Waals surface area contributed by atoms with Crippen molar-refractivity contribution in [2.45, 2.75) is 32.7 Å². The van der Waals surface area contributed by atoms with Crippen LogP contribution in [0.25, 0.3) is 0 Å². The molecule has 0 aliphatic heterocycles. The Morgan fingerprint density at radius 3 is 2.88 bits per heavy atom. The van der Waals surface area contributed by atoms with Gasteiger partial charge in [0.15, 0.2) is 0 Å². The quantitative estimate of drug-likeness (QED) is 0.482. The van der Waals surface area contributed by atoms with Gasteiger partial charge in [0, 0.05) is 5.56 Å². The smallest absolute Gasteiger partial charge is 0.290 e. The van der Waals surface area contributed by atoms with Gasteiger partial charge in [0.2, 0.25) is 0 Å². The summed E-state index contributed by atoms with van der Waals surface area (Å²) in [6, 6.07) is 1.55. The minimum Gasteiger partial charge on any atom is -0.356 e. The molecule has 0 aliphatic carbocycles. The summed E-state index contributed by atoms with van der Waals surface area (Å²) in [6.07, 6.45) is 8.43. The van der Waals surface area contributed by atoms with E-state index in [1.165, 1.54) is 6.20 Å². The number of aromatic nitrogens is 1. The maximum Gasteiger partial charge on any atom is 0.290 e. The highest BCUT2D eigenvalue weighted by molar-refractivity contribution is 5.48. The molecule has 17 heavy (non-hydrogen) atoms. The lowest BCUT2D eigenvalue weighted by Crippen LogP contribution is -2.17. The number of terminal acetylenes is 1. The number of nitro groups is 1. The van der Waals surface area contributed by atoms with E-state index >= 15 is 0 Å². The number of hydrogen-bond donors (Lipinski definition) is 1. The van der Waals surface area contributed by atoms with Gasteiger partial charge in [0.05, 0.1) is 11.0 Å². The summed E-state index contributed by atoms with van der Waals surface area (Å²) in [5, 5.41) is 13.7. The topological polar surface area (TPSA) is 68.1 Å². The molecule has 0 amide bonds. The third-order valence-corrected chi connectivity index (χ3v) is 2.38. The van der Waals surface area contributed by atoms with Crippen molar-refractivity contribution < 1.29 is 4.92 Å². The van der Waals surface area contributed by atoms with Gasteiger partial charge in [-0.05, 0) is 19.4 Å². The third kappa shape index (κ3) is 3.45. The first-order chi connectivity index (χ1) is 8.08. The summed E-state index contributed by atoms with van der Waals surface area (Å²) in [4.78, 5) is 14.2. The zero-order valence-corrected chi connectivity index (χ0v) is 9.93. The molecular formula is C12H15N3O2. The Balaban J connectivity index is 2.84. The number of nitrogens with one attached hydrogen (secondary N) is 1. The van der Waals surface area contributed by atoms with Gasteiger partial charge in [-0.2, -0.15) is 0 Å². The second-order valence-corrected chi connectivity index (χ2v) is 3.77. The second kappa shape index (κ2) is 5.85. The fraction of sp³-hybridized carbons (Fsp3) is 0.417. The Labute approximate surface area is 100 Å². The molecule has 0 aliphatic rings. The first-order valence-corrected chi connectivity index (χ1v) is 5.42. The van der Waals surface area contributed by atoms with Crippen molar-refractivity contribution in [1.82, 2.24) is 4.98 Å². The Morgan fingerprint density at radius 1 is 1.71 bits per heavy atom. The highest BCUT2D eigenvalue weighted by atomic mass is 16.6. The standard InChI is InChI=1S/C12H15N3O2/c1-4-6-10(5-2)14-12-7-9(3)11(8-13-12)15(16)17/h2,7-8,10H,4,6H2,1,3H3,(H,13,14). The molecule has 1 aromatic heterocycles. The van der Waals surface area contributed by atoms with Crippen molar-refractivity contribution >= 4 is 11.5 Å². The van der Waals surface area contributed by atoms with Crippen LogP contribution in [0.5, 0.6) is 0 Å². The summed E-state index contributed by atoms with van der Waals surface area (Å²) >= 11 is 0. The van der Waals surface area contributed by atoms with E-state index in [1.54, 1.807) is 13.0 Å². The van der Waals surface area contributed by atoms with Gasteiger partial charge in [0.1, 0.15) is 12.0 Å². The fourth-order valence-corrected chi connectivity index (χ4v) is 1.48. The lowest BCUT2D eigenvalue weighted by Gasteiger charge is -2.12. The molecule has 1 atom stereocenters. The predicted molar refractivity (Wildman–Crippen MR) is 66.8 cm³/mol. The summed E-state index contributed by atoms with van der Waals surface area (Å²) < 4.78 is 0. The van der Waals surface area contributed by atoms with Crippen molar-refractivity contribution in [3.63, 3.8) is 0 Å². The van der Waals surface area contributed by atoms with Crippen molar-refractivity contribution in [3.05, 3.63) is 27.9 Å².